The van der Waals surface area contributed by atoms with Crippen LogP contribution in [0.25, 0.3) is 0 Å². The summed E-state index contributed by atoms with van der Waals surface area (Å²) in [6.45, 7) is 28.5. The Bertz CT molecular complexity index is 1490. The van der Waals surface area contributed by atoms with Gasteiger partial charge in [-0.1, -0.05) is 112 Å². The van der Waals surface area contributed by atoms with Crippen LogP contribution >= 0.6 is 34.8 Å². The Morgan fingerprint density at radius 1 is 0.630 bits per heavy atom. The molecule has 8 heteroatoms. The van der Waals surface area contributed by atoms with Gasteiger partial charge < -0.3 is 4.74 Å². The Balaban J connectivity index is 0.00000136. The number of rotatable bonds is 2. The molecule has 2 aromatic rings. The minimum Gasteiger partial charge on any atom is -0.465 e. The first-order valence-electron chi connectivity index (χ1n) is 15.5. The molecule has 2 aromatic carbocycles. The zero-order chi connectivity index (χ0) is 35.3. The average Bonchev–Trinajstić information content (AvgIpc) is 2.87. The predicted molar refractivity (Wildman–Crippen MR) is 195 cm³/mol. The van der Waals surface area contributed by atoms with E-state index in [0.717, 1.165) is 61.8 Å². The molecule has 46 heavy (non-hydrogen) atoms. The summed E-state index contributed by atoms with van der Waals surface area (Å²) in [5, 5.41) is 0. The molecule has 2 aliphatic heterocycles. The fourth-order valence-corrected chi connectivity index (χ4v) is 6.04. The Hall–Kier alpha value is -2.73. The number of allylic oxidation sites excluding steroid dienone is 5. The molecule has 0 N–H and O–H groups in total. The van der Waals surface area contributed by atoms with E-state index in [9.17, 15) is 9.59 Å². The van der Waals surface area contributed by atoms with Crippen molar-refractivity contribution >= 4 is 58.0 Å². The highest BCUT2D eigenvalue weighted by Crippen LogP contribution is 2.47. The van der Waals surface area contributed by atoms with Crippen LogP contribution in [0.2, 0.25) is 0 Å². The van der Waals surface area contributed by atoms with E-state index < -0.39 is 9.71 Å². The molecule has 2 heterocycles. The first-order valence-corrected chi connectivity index (χ1v) is 16.8. The maximum atomic E-state index is 14.6. The number of ether oxygens (including phenoxy) is 1. The van der Waals surface area contributed by atoms with Gasteiger partial charge in [-0.2, -0.15) is 0 Å². The van der Waals surface area contributed by atoms with Crippen molar-refractivity contribution in [1.29, 1.82) is 0 Å². The van der Waals surface area contributed by atoms with Gasteiger partial charge >= 0.3 is 0 Å². The highest BCUT2D eigenvalue weighted by atomic mass is 35.6. The maximum Gasteiger partial charge on any atom is 0.247 e. The highest BCUT2D eigenvalue weighted by Gasteiger charge is 2.52. The molecule has 0 spiro atoms. The van der Waals surface area contributed by atoms with Crippen LogP contribution in [0.1, 0.15) is 88.8 Å². The second-order valence-electron chi connectivity index (χ2n) is 15.0. The van der Waals surface area contributed by atoms with Crippen molar-refractivity contribution in [2.45, 2.75) is 101 Å². The molecule has 0 atom stereocenters. The van der Waals surface area contributed by atoms with Crippen molar-refractivity contribution < 1.29 is 14.3 Å². The van der Waals surface area contributed by atoms with Gasteiger partial charge in [-0.15, -0.1) is 0 Å². The van der Waals surface area contributed by atoms with E-state index in [1.54, 1.807) is 23.6 Å². The Labute approximate surface area is 291 Å². The molecule has 2 aliphatic rings. The van der Waals surface area contributed by atoms with E-state index in [1.807, 2.05) is 39.8 Å². The zero-order valence-electron chi connectivity index (χ0n) is 29.8. The van der Waals surface area contributed by atoms with Gasteiger partial charge in [0.2, 0.25) is 11.8 Å². The minimum atomic E-state index is -1.30. The van der Waals surface area contributed by atoms with Crippen LogP contribution < -0.4 is 9.80 Å². The van der Waals surface area contributed by atoms with Gasteiger partial charge in [0.25, 0.3) is 0 Å². The number of anilines is 2. The molecule has 0 bridgehead atoms. The Morgan fingerprint density at radius 2 is 0.913 bits per heavy atom. The lowest BCUT2D eigenvalue weighted by molar-refractivity contribution is -0.139. The van der Waals surface area contributed by atoms with Crippen LogP contribution in [0.4, 0.5) is 11.4 Å². The third kappa shape index (κ3) is 7.69. The van der Waals surface area contributed by atoms with E-state index >= 15 is 0 Å². The summed E-state index contributed by atoms with van der Waals surface area (Å²) in [6, 6.07) is 8.41. The summed E-state index contributed by atoms with van der Waals surface area (Å²) >= 11 is 14.4. The standard InChI is InChI=1S/C37H48N2O3.CHCl3/c1-21-15-23(3)30(24(4)16-21)38-32(27-19-28(35(7,8)9)42-29(20-27)36(10,11)12)39(34(41)37(13,14)33(38)40)31-25(5)17-22(2)18-26(31)6;2-1(3)4/h15-20H,1-14H3;1H. The Morgan fingerprint density at radius 3 is 1.17 bits per heavy atom. The van der Waals surface area contributed by atoms with Crippen LogP contribution in [0.3, 0.4) is 0 Å². The Kier molecular flexibility index (Phi) is 11.0. The van der Waals surface area contributed by atoms with E-state index in [-0.39, 0.29) is 22.6 Å². The number of halogens is 3. The number of hydrogen-bond donors (Lipinski definition) is 0. The molecule has 0 unspecified atom stereocenters. The topological polar surface area (TPSA) is 49.9 Å². The summed E-state index contributed by atoms with van der Waals surface area (Å²) < 4.78 is 5.77. The van der Waals surface area contributed by atoms with Gasteiger partial charge in [-0.3, -0.25) is 19.4 Å². The fraction of sp³-hybridized carbons (Fsp3) is 0.474. The van der Waals surface area contributed by atoms with Gasteiger partial charge in [0, 0.05) is 16.4 Å². The number of amides is 2. The second kappa shape index (κ2) is 13.4. The third-order valence-electron chi connectivity index (χ3n) is 8.15. The average molecular weight is 688 g/mol. The number of hydrogen-bond acceptors (Lipinski definition) is 3. The summed E-state index contributed by atoms with van der Waals surface area (Å²) in [6.07, 6.45) is 4.03. The first-order chi connectivity index (χ1) is 20.9. The highest BCUT2D eigenvalue weighted by molar-refractivity contribution is 6.63. The van der Waals surface area contributed by atoms with Gasteiger partial charge in [-0.25, -0.2) is 0 Å². The zero-order valence-corrected chi connectivity index (χ0v) is 32.1. The van der Waals surface area contributed by atoms with Crippen molar-refractivity contribution in [2.75, 3.05) is 9.80 Å². The quantitative estimate of drug-likeness (QED) is 0.233. The van der Waals surface area contributed by atoms with Crippen LogP contribution in [0.5, 0.6) is 0 Å². The second-order valence-corrected chi connectivity index (χ2v) is 17.0. The third-order valence-corrected chi connectivity index (χ3v) is 8.15. The van der Waals surface area contributed by atoms with Crippen LogP contribution in [0.15, 0.2) is 59.3 Å². The van der Waals surface area contributed by atoms with E-state index in [4.69, 9.17) is 39.5 Å². The molecular formula is C38H49Cl3N2O3. The van der Waals surface area contributed by atoms with E-state index in [1.165, 1.54) is 0 Å². The first kappa shape index (κ1) is 37.7. The van der Waals surface area contributed by atoms with Gasteiger partial charge in [-0.05, 0) is 89.8 Å². The molecular weight excluding hydrogens is 639 g/mol. The number of nitrogens with zero attached hydrogens (tertiary/aromatic N) is 2. The van der Waals surface area contributed by atoms with Gasteiger partial charge in [0.1, 0.15) is 22.8 Å². The van der Waals surface area contributed by atoms with Crippen molar-refractivity contribution in [2.24, 2.45) is 16.2 Å². The summed E-state index contributed by atoms with van der Waals surface area (Å²) in [5.74, 6) is 1.63. The minimum absolute atomic E-state index is 0.244. The van der Waals surface area contributed by atoms with Crippen molar-refractivity contribution in [3.8, 4) is 0 Å². The molecule has 0 aliphatic carbocycles. The molecule has 1 fully saturated rings. The van der Waals surface area contributed by atoms with E-state index in [2.05, 4.69) is 79.7 Å². The number of benzene rings is 2. The number of carbonyl (C=O) groups is 2. The van der Waals surface area contributed by atoms with Crippen molar-refractivity contribution in [3.05, 3.63) is 92.7 Å². The lowest BCUT2D eigenvalue weighted by Crippen LogP contribution is -2.60. The molecule has 1 saturated heterocycles. The maximum absolute atomic E-state index is 14.6. The number of carbonyl (C=O) groups excluding carboxylic acids is 2. The monoisotopic (exact) mass is 686 g/mol. The normalized spacial score (nSPS) is 17.1. The lowest BCUT2D eigenvalue weighted by atomic mass is 9.83. The van der Waals surface area contributed by atoms with Crippen molar-refractivity contribution in [1.82, 2.24) is 0 Å². The van der Waals surface area contributed by atoms with Crippen LogP contribution in [-0.2, 0) is 14.3 Å². The summed E-state index contributed by atoms with van der Waals surface area (Å²) in [5.41, 5.74) is 6.65. The van der Waals surface area contributed by atoms with E-state index in [0.29, 0.717) is 5.82 Å². The van der Waals surface area contributed by atoms with Crippen LogP contribution in [0, 0.1) is 57.8 Å². The number of alkyl halides is 3. The van der Waals surface area contributed by atoms with Crippen molar-refractivity contribution in [3.63, 3.8) is 0 Å². The fourth-order valence-electron chi connectivity index (χ4n) is 6.04. The smallest absolute Gasteiger partial charge is 0.247 e. The molecule has 5 nitrogen and oxygen atoms in total. The van der Waals surface area contributed by atoms with Gasteiger partial charge in [0.05, 0.1) is 11.4 Å². The molecule has 0 aromatic heterocycles. The molecule has 250 valence electrons. The lowest BCUT2D eigenvalue weighted by Gasteiger charge is -2.47. The SMILES string of the molecule is Cc1cc(C)c(N2C(=O)C(C)(C)C(=O)N(c3c(C)cc(C)cc3C)C2=C2C=C(C(C)(C)C)OC(C(C)(C)C)=C2)c(C)c1.ClC(Cl)Cl. The molecule has 2 amide bonds. The number of aryl methyl sites for hydroxylation is 6. The summed E-state index contributed by atoms with van der Waals surface area (Å²) in [7, 11) is 0. The van der Waals surface area contributed by atoms with Gasteiger partial charge in [0.15, 0.2) is 4.30 Å². The predicted octanol–water partition coefficient (Wildman–Crippen LogP) is 11.0. The molecule has 0 saturated carbocycles. The summed E-state index contributed by atoms with van der Waals surface area (Å²) in [4.78, 5) is 32.9. The molecule has 4 rings (SSSR count). The largest absolute Gasteiger partial charge is 0.465 e. The van der Waals surface area contributed by atoms with Crippen LogP contribution in [-0.4, -0.2) is 16.1 Å². The molecule has 0 radical (unpaired) electrons.